The first-order chi connectivity index (χ1) is 13.5. The number of carbonyl (C=O) groups is 1. The van der Waals surface area contributed by atoms with Gasteiger partial charge in [0, 0.05) is 33.9 Å². The summed E-state index contributed by atoms with van der Waals surface area (Å²) in [5, 5.41) is 2.45. The molecule has 0 radical (unpaired) electrons. The van der Waals surface area contributed by atoms with Crippen LogP contribution in [0, 0.1) is 0 Å². The Morgan fingerprint density at radius 1 is 0.966 bits per heavy atom. The lowest BCUT2D eigenvalue weighted by atomic mass is 10.1. The van der Waals surface area contributed by atoms with Gasteiger partial charge in [-0.15, -0.1) is 0 Å². The molecule has 1 aliphatic rings. The number of aromatic nitrogens is 1. The van der Waals surface area contributed by atoms with Crippen molar-refractivity contribution >= 4 is 27.7 Å². The number of fused-ring (bicyclic) bond motifs is 3. The fourth-order valence-electron chi connectivity index (χ4n) is 4.34. The third-order valence-corrected chi connectivity index (χ3v) is 6.24. The number of piperazine rings is 1. The smallest absolute Gasteiger partial charge is 0.254 e. The van der Waals surface area contributed by atoms with Crippen LogP contribution in [0.4, 0.5) is 0 Å². The lowest BCUT2D eigenvalue weighted by Gasteiger charge is -2.39. The molecule has 1 saturated heterocycles. The Morgan fingerprint density at radius 2 is 1.66 bits per heavy atom. The van der Waals surface area contributed by atoms with Crippen LogP contribution in [-0.2, 0) is 6.54 Å². The van der Waals surface area contributed by atoms with E-state index in [1.54, 1.807) is 0 Å². The maximum Gasteiger partial charge on any atom is 0.254 e. The molecular weight excluding hydrogens is 473 g/mol. The monoisotopic (exact) mass is 505 g/mol. The Morgan fingerprint density at radius 3 is 2.38 bits per heavy atom. The molecule has 0 saturated carbocycles. The van der Waals surface area contributed by atoms with Crippen LogP contribution >= 0.6 is 0 Å². The van der Waals surface area contributed by atoms with E-state index < -0.39 is 0 Å². The number of para-hydroxylation sites is 1. The first-order valence-corrected chi connectivity index (χ1v) is 10.6. The van der Waals surface area contributed by atoms with Crippen LogP contribution in [-0.4, -0.2) is 60.1 Å². The van der Waals surface area contributed by atoms with Crippen LogP contribution in [0.1, 0.15) is 36.5 Å². The highest BCUT2D eigenvalue weighted by atomic mass is 127. The molecule has 156 valence electrons. The third-order valence-electron chi connectivity index (χ3n) is 6.24. The highest BCUT2D eigenvalue weighted by molar-refractivity contribution is 6.10. The molecule has 2 aromatic carbocycles. The van der Waals surface area contributed by atoms with Crippen molar-refractivity contribution in [1.82, 2.24) is 9.47 Å². The maximum absolute atomic E-state index is 13.1. The number of nitrogens with zero attached hydrogens (tertiary/aromatic N) is 3. The van der Waals surface area contributed by atoms with Gasteiger partial charge in [-0.05, 0) is 30.7 Å². The number of benzene rings is 2. The Labute approximate surface area is 191 Å². The molecular formula is C24H32IN3O. The normalized spacial score (nSPS) is 16.2. The van der Waals surface area contributed by atoms with E-state index >= 15 is 0 Å². The molecule has 4 rings (SSSR count). The summed E-state index contributed by atoms with van der Waals surface area (Å²) in [4.78, 5) is 15.1. The number of likely N-dealkylation sites (N-methyl/N-ethyl adjacent to an activating group) is 1. The van der Waals surface area contributed by atoms with Crippen molar-refractivity contribution in [2.45, 2.75) is 32.7 Å². The van der Waals surface area contributed by atoms with Gasteiger partial charge in [-0.25, -0.2) is 0 Å². The Kier molecular flexibility index (Phi) is 6.89. The van der Waals surface area contributed by atoms with Crippen LogP contribution in [0.5, 0.6) is 0 Å². The van der Waals surface area contributed by atoms with Gasteiger partial charge in [0.15, 0.2) is 0 Å². The summed E-state index contributed by atoms with van der Waals surface area (Å²) >= 11 is 0. The van der Waals surface area contributed by atoms with Crippen molar-refractivity contribution in [2.75, 3.05) is 40.3 Å². The van der Waals surface area contributed by atoms with Crippen molar-refractivity contribution in [3.05, 3.63) is 48.0 Å². The zero-order chi connectivity index (χ0) is 19.7. The molecule has 3 aromatic rings. The van der Waals surface area contributed by atoms with Crippen LogP contribution in [0.25, 0.3) is 21.8 Å². The van der Waals surface area contributed by atoms with E-state index in [0.29, 0.717) is 0 Å². The summed E-state index contributed by atoms with van der Waals surface area (Å²) in [6.07, 6.45) is 3.66. The molecule has 1 amide bonds. The molecule has 5 heteroatoms. The summed E-state index contributed by atoms with van der Waals surface area (Å²) in [5.74, 6) is 0.171. The van der Waals surface area contributed by atoms with Crippen LogP contribution in [0.2, 0.25) is 0 Å². The van der Waals surface area contributed by atoms with Gasteiger partial charge in [-0.3, -0.25) is 4.79 Å². The second-order valence-electron chi connectivity index (χ2n) is 8.78. The number of rotatable bonds is 5. The summed E-state index contributed by atoms with van der Waals surface area (Å²) in [6.45, 7) is 6.98. The first kappa shape index (κ1) is 22.1. The van der Waals surface area contributed by atoms with E-state index in [-0.39, 0.29) is 29.9 Å². The number of quaternary nitrogens is 1. The van der Waals surface area contributed by atoms with Crippen molar-refractivity contribution < 1.29 is 33.3 Å². The lowest BCUT2D eigenvalue weighted by Crippen LogP contribution is -3.00. The number of unbranched alkanes of at least 4 members (excludes halogenated alkanes) is 2. The minimum atomic E-state index is 0. The molecule has 0 bridgehead atoms. The predicted octanol–water partition coefficient (Wildman–Crippen LogP) is 1.52. The first-order valence-electron chi connectivity index (χ1n) is 10.6. The average molecular weight is 505 g/mol. The Balaban J connectivity index is 0.00000240. The summed E-state index contributed by atoms with van der Waals surface area (Å²) in [5.41, 5.74) is 3.33. The molecule has 0 aliphatic carbocycles. The minimum absolute atomic E-state index is 0. The van der Waals surface area contributed by atoms with E-state index in [2.05, 4.69) is 62.0 Å². The van der Waals surface area contributed by atoms with Gasteiger partial charge in [-0.2, -0.15) is 0 Å². The highest BCUT2D eigenvalue weighted by Gasteiger charge is 2.28. The van der Waals surface area contributed by atoms with E-state index in [1.807, 2.05) is 11.0 Å². The fourth-order valence-corrected chi connectivity index (χ4v) is 4.34. The average Bonchev–Trinajstić information content (AvgIpc) is 3.01. The largest absolute Gasteiger partial charge is 1.00 e. The van der Waals surface area contributed by atoms with Crippen molar-refractivity contribution in [1.29, 1.82) is 0 Å². The number of hydrogen-bond acceptors (Lipinski definition) is 1. The molecule has 1 aromatic heterocycles. The summed E-state index contributed by atoms with van der Waals surface area (Å²) < 4.78 is 3.42. The molecule has 1 fully saturated rings. The molecule has 0 spiro atoms. The van der Waals surface area contributed by atoms with E-state index in [0.717, 1.165) is 42.8 Å². The fraction of sp³-hybridized carbons (Fsp3) is 0.458. The zero-order valence-electron chi connectivity index (χ0n) is 17.8. The summed E-state index contributed by atoms with van der Waals surface area (Å²) in [7, 11) is 4.47. The molecule has 2 heterocycles. The number of aryl methyl sites for hydroxylation is 1. The van der Waals surface area contributed by atoms with Crippen molar-refractivity contribution in [3.8, 4) is 0 Å². The SMILES string of the molecule is CCCCCn1c2ccccc2c2cc(C(=O)N3CC[N+](C)(C)CC3)ccc21.[I-]. The van der Waals surface area contributed by atoms with Crippen molar-refractivity contribution in [3.63, 3.8) is 0 Å². The quantitative estimate of drug-likeness (QED) is 0.294. The standard InChI is InChI=1S/C24H32N3O.HI/c1-4-5-8-13-26-22-10-7-6-9-20(22)21-18-19(11-12-23(21)26)24(28)25-14-16-27(2,3)17-15-25;/h6-7,9-12,18H,4-5,8,13-17H2,1-3H3;1H/q+1;/p-1. The predicted molar refractivity (Wildman–Crippen MR) is 117 cm³/mol. The van der Waals surface area contributed by atoms with Crippen LogP contribution in [0.15, 0.2) is 42.5 Å². The molecule has 0 N–H and O–H groups in total. The second-order valence-corrected chi connectivity index (χ2v) is 8.78. The maximum atomic E-state index is 13.1. The van der Waals surface area contributed by atoms with Crippen LogP contribution in [0.3, 0.4) is 0 Å². The van der Waals surface area contributed by atoms with Crippen LogP contribution < -0.4 is 24.0 Å². The zero-order valence-corrected chi connectivity index (χ0v) is 20.0. The number of carbonyl (C=O) groups excluding carboxylic acids is 1. The lowest BCUT2D eigenvalue weighted by molar-refractivity contribution is -0.894. The molecule has 4 nitrogen and oxygen atoms in total. The number of amides is 1. The van der Waals surface area contributed by atoms with E-state index in [1.165, 1.54) is 41.1 Å². The van der Waals surface area contributed by atoms with Gasteiger partial charge < -0.3 is 37.9 Å². The van der Waals surface area contributed by atoms with E-state index in [4.69, 9.17) is 0 Å². The molecule has 0 atom stereocenters. The van der Waals surface area contributed by atoms with E-state index in [9.17, 15) is 4.79 Å². The number of halogens is 1. The molecule has 0 unspecified atom stereocenters. The third kappa shape index (κ3) is 4.45. The number of hydrogen-bond donors (Lipinski definition) is 0. The highest BCUT2D eigenvalue weighted by Crippen LogP contribution is 2.30. The van der Waals surface area contributed by atoms with Gasteiger partial charge in [-0.1, -0.05) is 38.0 Å². The van der Waals surface area contributed by atoms with Gasteiger partial charge in [0.1, 0.15) is 0 Å². The minimum Gasteiger partial charge on any atom is -1.00 e. The molecule has 29 heavy (non-hydrogen) atoms. The Bertz CT molecular complexity index is 998. The Hall–Kier alpha value is -1.60. The second kappa shape index (κ2) is 9.04. The summed E-state index contributed by atoms with van der Waals surface area (Å²) in [6, 6.07) is 14.9. The van der Waals surface area contributed by atoms with Gasteiger partial charge in [0.2, 0.25) is 0 Å². The van der Waals surface area contributed by atoms with Gasteiger partial charge in [0.05, 0.1) is 40.3 Å². The van der Waals surface area contributed by atoms with Gasteiger partial charge >= 0.3 is 0 Å². The van der Waals surface area contributed by atoms with Crippen molar-refractivity contribution in [2.24, 2.45) is 0 Å². The topological polar surface area (TPSA) is 25.2 Å². The van der Waals surface area contributed by atoms with Gasteiger partial charge in [0.25, 0.3) is 5.91 Å². The molecule has 1 aliphatic heterocycles.